The fourth-order valence-corrected chi connectivity index (χ4v) is 1.70. The lowest BCUT2D eigenvalue weighted by Gasteiger charge is -2.23. The van der Waals surface area contributed by atoms with Crippen LogP contribution in [0.4, 0.5) is 0 Å². The Morgan fingerprint density at radius 3 is 2.87 bits per heavy atom. The zero-order valence-electron chi connectivity index (χ0n) is 9.45. The first-order valence-electron chi connectivity index (χ1n) is 5.77. The van der Waals surface area contributed by atoms with Gasteiger partial charge in [-0.1, -0.05) is 6.92 Å². The predicted molar refractivity (Wildman–Crippen MR) is 59.4 cm³/mol. The average Bonchev–Trinajstić information content (AvgIpc) is 3.04. The summed E-state index contributed by atoms with van der Waals surface area (Å²) in [7, 11) is 0. The summed E-state index contributed by atoms with van der Waals surface area (Å²) in [4.78, 5) is 2.24. The molecule has 0 saturated heterocycles. The lowest BCUT2D eigenvalue weighted by Crippen LogP contribution is -2.39. The van der Waals surface area contributed by atoms with E-state index in [9.17, 15) is 5.11 Å². The van der Waals surface area contributed by atoms with Gasteiger partial charge in [0.25, 0.3) is 0 Å². The molecule has 2 N–H and O–H groups in total. The zero-order valence-corrected chi connectivity index (χ0v) is 9.45. The van der Waals surface area contributed by atoms with Crippen LogP contribution in [0, 0.1) is 11.3 Å². The molecular weight excluding hydrogens is 190 g/mol. The van der Waals surface area contributed by atoms with Gasteiger partial charge in [-0.3, -0.25) is 4.90 Å². The molecule has 15 heavy (non-hydrogen) atoms. The summed E-state index contributed by atoms with van der Waals surface area (Å²) in [6.45, 7) is 5.05. The summed E-state index contributed by atoms with van der Waals surface area (Å²) in [5.41, 5.74) is 0. The Morgan fingerprint density at radius 2 is 2.33 bits per heavy atom. The molecule has 0 bridgehead atoms. The molecule has 0 aromatic carbocycles. The SMILES string of the molecule is CCNCC(O)CN(CCC#N)C1CC1. The Morgan fingerprint density at radius 1 is 1.60 bits per heavy atom. The van der Waals surface area contributed by atoms with Crippen LogP contribution in [0.2, 0.25) is 0 Å². The lowest BCUT2D eigenvalue weighted by atomic mass is 10.3. The number of aliphatic hydroxyl groups excluding tert-OH is 1. The van der Waals surface area contributed by atoms with Gasteiger partial charge < -0.3 is 10.4 Å². The van der Waals surface area contributed by atoms with Gasteiger partial charge in [0.2, 0.25) is 0 Å². The van der Waals surface area contributed by atoms with Crippen LogP contribution in [0.15, 0.2) is 0 Å². The van der Waals surface area contributed by atoms with Crippen molar-refractivity contribution in [2.24, 2.45) is 0 Å². The first-order valence-corrected chi connectivity index (χ1v) is 5.77. The topological polar surface area (TPSA) is 59.3 Å². The Kier molecular flexibility index (Phi) is 5.62. The number of likely N-dealkylation sites (N-methyl/N-ethyl adjacent to an activating group) is 1. The summed E-state index contributed by atoms with van der Waals surface area (Å²) in [5.74, 6) is 0. The Labute approximate surface area is 91.9 Å². The number of nitriles is 1. The molecule has 1 rings (SSSR count). The molecule has 1 atom stereocenters. The van der Waals surface area contributed by atoms with E-state index >= 15 is 0 Å². The van der Waals surface area contributed by atoms with E-state index in [4.69, 9.17) is 5.26 Å². The maximum atomic E-state index is 9.74. The van der Waals surface area contributed by atoms with Crippen LogP contribution in [-0.4, -0.2) is 48.3 Å². The van der Waals surface area contributed by atoms with Gasteiger partial charge in [-0.25, -0.2) is 0 Å². The molecule has 0 aromatic heterocycles. The van der Waals surface area contributed by atoms with Crippen molar-refractivity contribution < 1.29 is 5.11 Å². The quantitative estimate of drug-likeness (QED) is 0.607. The molecule has 0 aromatic rings. The molecule has 0 amide bonds. The van der Waals surface area contributed by atoms with Crippen molar-refractivity contribution in [3.63, 3.8) is 0 Å². The lowest BCUT2D eigenvalue weighted by molar-refractivity contribution is 0.108. The molecule has 1 fully saturated rings. The number of hydrogen-bond acceptors (Lipinski definition) is 4. The first kappa shape index (κ1) is 12.4. The standard InChI is InChI=1S/C11H21N3O/c1-2-13-8-11(15)9-14(7-3-6-12)10-4-5-10/h10-11,13,15H,2-5,7-9H2,1H3. The third-order valence-corrected chi connectivity index (χ3v) is 2.65. The maximum Gasteiger partial charge on any atom is 0.0791 e. The van der Waals surface area contributed by atoms with Gasteiger partial charge in [0.1, 0.15) is 0 Å². The van der Waals surface area contributed by atoms with Crippen molar-refractivity contribution in [3.05, 3.63) is 0 Å². The molecule has 0 radical (unpaired) electrons. The van der Waals surface area contributed by atoms with E-state index in [1.165, 1.54) is 12.8 Å². The minimum atomic E-state index is -0.316. The highest BCUT2D eigenvalue weighted by Crippen LogP contribution is 2.26. The van der Waals surface area contributed by atoms with E-state index in [0.29, 0.717) is 25.6 Å². The fraction of sp³-hybridized carbons (Fsp3) is 0.909. The van der Waals surface area contributed by atoms with E-state index in [-0.39, 0.29) is 6.10 Å². The number of rotatable bonds is 8. The van der Waals surface area contributed by atoms with Crippen molar-refractivity contribution in [1.82, 2.24) is 10.2 Å². The molecule has 4 heteroatoms. The molecule has 1 aliphatic carbocycles. The minimum Gasteiger partial charge on any atom is -0.390 e. The minimum absolute atomic E-state index is 0.316. The normalized spacial score (nSPS) is 17.7. The smallest absolute Gasteiger partial charge is 0.0791 e. The van der Waals surface area contributed by atoms with Crippen molar-refractivity contribution in [3.8, 4) is 6.07 Å². The van der Waals surface area contributed by atoms with E-state index < -0.39 is 0 Å². The van der Waals surface area contributed by atoms with Crippen LogP contribution in [0.1, 0.15) is 26.2 Å². The highest BCUT2D eigenvalue weighted by molar-refractivity contribution is 4.87. The van der Waals surface area contributed by atoms with E-state index in [1.807, 2.05) is 6.92 Å². The fourth-order valence-electron chi connectivity index (χ4n) is 1.70. The van der Waals surface area contributed by atoms with E-state index in [2.05, 4.69) is 16.3 Å². The maximum absolute atomic E-state index is 9.74. The van der Waals surface area contributed by atoms with Gasteiger partial charge in [-0.05, 0) is 19.4 Å². The van der Waals surface area contributed by atoms with Crippen LogP contribution < -0.4 is 5.32 Å². The summed E-state index contributed by atoms with van der Waals surface area (Å²) in [5, 5.41) is 21.4. The van der Waals surface area contributed by atoms with Crippen molar-refractivity contribution in [2.75, 3.05) is 26.2 Å². The third kappa shape index (κ3) is 5.12. The molecule has 0 heterocycles. The summed E-state index contributed by atoms with van der Waals surface area (Å²) in [6.07, 6.45) is 2.69. The summed E-state index contributed by atoms with van der Waals surface area (Å²) in [6, 6.07) is 2.78. The monoisotopic (exact) mass is 211 g/mol. The Bertz CT molecular complexity index is 210. The average molecular weight is 211 g/mol. The molecule has 0 aliphatic heterocycles. The molecule has 0 spiro atoms. The second-order valence-electron chi connectivity index (χ2n) is 4.10. The highest BCUT2D eigenvalue weighted by Gasteiger charge is 2.29. The van der Waals surface area contributed by atoms with Crippen LogP contribution in [-0.2, 0) is 0 Å². The Balaban J connectivity index is 2.21. The van der Waals surface area contributed by atoms with Crippen LogP contribution in [0.5, 0.6) is 0 Å². The van der Waals surface area contributed by atoms with Gasteiger partial charge in [0.05, 0.1) is 12.2 Å². The number of nitrogens with one attached hydrogen (secondary N) is 1. The second-order valence-corrected chi connectivity index (χ2v) is 4.10. The first-order chi connectivity index (χ1) is 7.27. The van der Waals surface area contributed by atoms with Crippen LogP contribution in [0.25, 0.3) is 0 Å². The third-order valence-electron chi connectivity index (χ3n) is 2.65. The highest BCUT2D eigenvalue weighted by atomic mass is 16.3. The Hall–Kier alpha value is -0.630. The van der Waals surface area contributed by atoms with Gasteiger partial charge in [-0.2, -0.15) is 5.26 Å². The van der Waals surface area contributed by atoms with Crippen molar-refractivity contribution in [2.45, 2.75) is 38.3 Å². The molecule has 4 nitrogen and oxygen atoms in total. The number of hydrogen-bond donors (Lipinski definition) is 2. The zero-order chi connectivity index (χ0) is 11.1. The molecule has 1 saturated carbocycles. The van der Waals surface area contributed by atoms with Crippen LogP contribution >= 0.6 is 0 Å². The second kappa shape index (κ2) is 6.78. The molecule has 86 valence electrons. The number of nitrogens with zero attached hydrogens (tertiary/aromatic N) is 2. The van der Waals surface area contributed by atoms with Gasteiger partial charge in [0, 0.05) is 32.1 Å². The van der Waals surface area contributed by atoms with E-state index in [0.717, 1.165) is 13.1 Å². The number of aliphatic hydroxyl groups is 1. The molecular formula is C11H21N3O. The van der Waals surface area contributed by atoms with Crippen LogP contribution in [0.3, 0.4) is 0 Å². The van der Waals surface area contributed by atoms with Crippen molar-refractivity contribution >= 4 is 0 Å². The van der Waals surface area contributed by atoms with Gasteiger partial charge >= 0.3 is 0 Å². The summed E-state index contributed by atoms with van der Waals surface area (Å²) >= 11 is 0. The molecule has 1 aliphatic rings. The predicted octanol–water partition coefficient (Wildman–Crippen LogP) is 0.335. The summed E-state index contributed by atoms with van der Waals surface area (Å²) < 4.78 is 0. The van der Waals surface area contributed by atoms with E-state index in [1.54, 1.807) is 0 Å². The van der Waals surface area contributed by atoms with Gasteiger partial charge in [0.15, 0.2) is 0 Å². The van der Waals surface area contributed by atoms with Crippen molar-refractivity contribution in [1.29, 1.82) is 5.26 Å². The van der Waals surface area contributed by atoms with Gasteiger partial charge in [-0.15, -0.1) is 0 Å². The largest absolute Gasteiger partial charge is 0.390 e. The molecule has 1 unspecified atom stereocenters.